The molecule has 132 valence electrons. The molecule has 0 heterocycles. The molecule has 2 atom stereocenters. The van der Waals surface area contributed by atoms with E-state index in [4.69, 9.17) is 10.5 Å². The van der Waals surface area contributed by atoms with E-state index in [2.05, 4.69) is 5.32 Å². The Morgan fingerprint density at radius 3 is 2.36 bits per heavy atom. The Bertz CT molecular complexity index is 704. The number of amides is 2. The van der Waals surface area contributed by atoms with Crippen LogP contribution in [0, 0.1) is 11.7 Å². The number of carbonyl (C=O) groups is 2. The van der Waals surface area contributed by atoms with Gasteiger partial charge in [-0.15, -0.1) is 0 Å². The van der Waals surface area contributed by atoms with Gasteiger partial charge in [-0.25, -0.2) is 4.39 Å². The van der Waals surface area contributed by atoms with Gasteiger partial charge < -0.3 is 15.8 Å². The van der Waals surface area contributed by atoms with Gasteiger partial charge in [0.15, 0.2) is 6.10 Å². The molecule has 0 aliphatic heterocycles. The fourth-order valence-corrected chi connectivity index (χ4v) is 2.30. The summed E-state index contributed by atoms with van der Waals surface area (Å²) in [6.07, 6.45) is -0.383. The lowest BCUT2D eigenvalue weighted by Crippen LogP contribution is -2.42. The lowest BCUT2D eigenvalue weighted by atomic mass is 9.98. The van der Waals surface area contributed by atoms with Gasteiger partial charge in [-0.05, 0) is 43.2 Å². The minimum atomic E-state index is -0.707. The highest BCUT2D eigenvalue weighted by Crippen LogP contribution is 2.12. The number of ether oxygens (including phenoxy) is 1. The van der Waals surface area contributed by atoms with E-state index in [0.717, 1.165) is 5.56 Å². The zero-order valence-electron chi connectivity index (χ0n) is 13.9. The number of primary amides is 1. The van der Waals surface area contributed by atoms with Crippen molar-refractivity contribution < 1.29 is 18.7 Å². The Morgan fingerprint density at radius 1 is 1.12 bits per heavy atom. The highest BCUT2D eigenvalue weighted by atomic mass is 19.1. The van der Waals surface area contributed by atoms with Crippen LogP contribution in [0.15, 0.2) is 54.6 Å². The summed E-state index contributed by atoms with van der Waals surface area (Å²) < 4.78 is 18.5. The van der Waals surface area contributed by atoms with Crippen LogP contribution in [0.5, 0.6) is 5.75 Å². The van der Waals surface area contributed by atoms with Crippen molar-refractivity contribution in [1.29, 1.82) is 0 Å². The number of hydrogen-bond acceptors (Lipinski definition) is 3. The molecule has 0 saturated carbocycles. The zero-order chi connectivity index (χ0) is 18.2. The summed E-state index contributed by atoms with van der Waals surface area (Å²) in [6.45, 7) is 1.72. The summed E-state index contributed by atoms with van der Waals surface area (Å²) in [5, 5.41) is 2.68. The monoisotopic (exact) mass is 344 g/mol. The Balaban J connectivity index is 1.88. The van der Waals surface area contributed by atoms with Gasteiger partial charge in [-0.2, -0.15) is 0 Å². The quantitative estimate of drug-likeness (QED) is 0.769. The lowest BCUT2D eigenvalue weighted by Gasteiger charge is -2.18. The predicted octanol–water partition coefficient (Wildman–Crippen LogP) is 2.05. The van der Waals surface area contributed by atoms with Gasteiger partial charge in [0.2, 0.25) is 5.91 Å². The third kappa shape index (κ3) is 5.91. The lowest BCUT2D eigenvalue weighted by molar-refractivity contribution is -0.128. The molecule has 0 aliphatic carbocycles. The molecule has 5 nitrogen and oxygen atoms in total. The topological polar surface area (TPSA) is 81.4 Å². The van der Waals surface area contributed by atoms with Crippen LogP contribution >= 0.6 is 0 Å². The van der Waals surface area contributed by atoms with E-state index in [0.29, 0.717) is 12.2 Å². The second-order valence-corrected chi connectivity index (χ2v) is 5.75. The molecule has 0 aromatic heterocycles. The van der Waals surface area contributed by atoms with Crippen molar-refractivity contribution in [2.45, 2.75) is 19.4 Å². The molecule has 2 rings (SSSR count). The van der Waals surface area contributed by atoms with Crippen molar-refractivity contribution in [3.63, 3.8) is 0 Å². The number of nitrogens with one attached hydrogen (secondary N) is 1. The van der Waals surface area contributed by atoms with Crippen LogP contribution in [-0.2, 0) is 16.0 Å². The molecule has 2 aromatic rings. The third-order valence-electron chi connectivity index (χ3n) is 3.75. The van der Waals surface area contributed by atoms with Gasteiger partial charge in [-0.3, -0.25) is 9.59 Å². The molecule has 0 bridgehead atoms. The van der Waals surface area contributed by atoms with Crippen molar-refractivity contribution in [2.24, 2.45) is 11.7 Å². The zero-order valence-corrected chi connectivity index (χ0v) is 13.9. The van der Waals surface area contributed by atoms with Gasteiger partial charge in [-0.1, -0.05) is 30.3 Å². The van der Waals surface area contributed by atoms with E-state index in [9.17, 15) is 14.0 Å². The maximum atomic E-state index is 12.9. The van der Waals surface area contributed by atoms with Crippen LogP contribution in [-0.4, -0.2) is 24.5 Å². The SMILES string of the molecule is CC(Oc1ccccc1)C(=O)NCC(Cc1ccc(F)cc1)C(N)=O. The van der Waals surface area contributed by atoms with Gasteiger partial charge in [0.25, 0.3) is 5.91 Å². The normalized spacial score (nSPS) is 12.9. The molecule has 0 fully saturated rings. The molecule has 2 unspecified atom stereocenters. The van der Waals surface area contributed by atoms with Crippen molar-refractivity contribution in [3.8, 4) is 5.75 Å². The van der Waals surface area contributed by atoms with Crippen molar-refractivity contribution in [1.82, 2.24) is 5.32 Å². The van der Waals surface area contributed by atoms with Crippen LogP contribution in [0.1, 0.15) is 12.5 Å². The Hall–Kier alpha value is -2.89. The molecular weight excluding hydrogens is 323 g/mol. The van der Waals surface area contributed by atoms with Crippen LogP contribution < -0.4 is 15.8 Å². The Kier molecular flexibility index (Phi) is 6.51. The predicted molar refractivity (Wildman–Crippen MR) is 92.3 cm³/mol. The summed E-state index contributed by atoms with van der Waals surface area (Å²) in [7, 11) is 0. The first kappa shape index (κ1) is 18.4. The first-order valence-electron chi connectivity index (χ1n) is 7.99. The Labute approximate surface area is 146 Å². The van der Waals surface area contributed by atoms with E-state index < -0.39 is 17.9 Å². The number of benzene rings is 2. The Morgan fingerprint density at radius 2 is 1.76 bits per heavy atom. The van der Waals surface area contributed by atoms with E-state index in [1.165, 1.54) is 12.1 Å². The first-order chi connectivity index (χ1) is 12.0. The van der Waals surface area contributed by atoms with Crippen LogP contribution in [0.25, 0.3) is 0 Å². The molecular formula is C19H21FN2O3. The fourth-order valence-electron chi connectivity index (χ4n) is 2.30. The number of carbonyl (C=O) groups excluding carboxylic acids is 2. The van der Waals surface area contributed by atoms with Crippen molar-refractivity contribution in [2.75, 3.05) is 6.54 Å². The highest BCUT2D eigenvalue weighted by molar-refractivity contribution is 5.82. The molecule has 25 heavy (non-hydrogen) atoms. The summed E-state index contributed by atoms with van der Waals surface area (Å²) in [6, 6.07) is 14.8. The summed E-state index contributed by atoms with van der Waals surface area (Å²) in [5.74, 6) is -1.21. The number of nitrogens with two attached hydrogens (primary N) is 1. The number of hydrogen-bond donors (Lipinski definition) is 2. The summed E-state index contributed by atoms with van der Waals surface area (Å²) in [5.41, 5.74) is 6.18. The highest BCUT2D eigenvalue weighted by Gasteiger charge is 2.20. The van der Waals surface area contributed by atoms with Crippen LogP contribution in [0.3, 0.4) is 0 Å². The smallest absolute Gasteiger partial charge is 0.260 e. The summed E-state index contributed by atoms with van der Waals surface area (Å²) >= 11 is 0. The largest absolute Gasteiger partial charge is 0.481 e. The second-order valence-electron chi connectivity index (χ2n) is 5.75. The third-order valence-corrected chi connectivity index (χ3v) is 3.75. The number of rotatable bonds is 8. The minimum Gasteiger partial charge on any atom is -0.481 e. The van der Waals surface area contributed by atoms with Gasteiger partial charge in [0.05, 0.1) is 5.92 Å². The van der Waals surface area contributed by atoms with Gasteiger partial charge >= 0.3 is 0 Å². The first-order valence-corrected chi connectivity index (χ1v) is 7.99. The standard InChI is InChI=1S/C19H21FN2O3/c1-13(25-17-5-3-2-4-6-17)19(24)22-12-15(18(21)23)11-14-7-9-16(20)10-8-14/h2-10,13,15H,11-12H2,1H3,(H2,21,23)(H,22,24). The molecule has 3 N–H and O–H groups in total. The minimum absolute atomic E-state index is 0.0913. The van der Waals surface area contributed by atoms with Crippen molar-refractivity contribution >= 4 is 11.8 Å². The molecule has 2 aromatic carbocycles. The number of para-hydroxylation sites is 1. The van der Waals surface area contributed by atoms with E-state index in [1.807, 2.05) is 18.2 Å². The van der Waals surface area contributed by atoms with Gasteiger partial charge in [0.1, 0.15) is 11.6 Å². The molecule has 6 heteroatoms. The average molecular weight is 344 g/mol. The molecule has 0 aliphatic rings. The maximum Gasteiger partial charge on any atom is 0.260 e. The van der Waals surface area contributed by atoms with E-state index >= 15 is 0 Å². The van der Waals surface area contributed by atoms with Crippen LogP contribution in [0.4, 0.5) is 4.39 Å². The number of halogens is 1. The van der Waals surface area contributed by atoms with Crippen LogP contribution in [0.2, 0.25) is 0 Å². The summed E-state index contributed by atoms with van der Waals surface area (Å²) in [4.78, 5) is 23.7. The fraction of sp³-hybridized carbons (Fsp3) is 0.263. The van der Waals surface area contributed by atoms with Gasteiger partial charge in [0, 0.05) is 6.54 Å². The molecule has 0 spiro atoms. The average Bonchev–Trinajstić information content (AvgIpc) is 2.60. The molecule has 2 amide bonds. The molecule has 0 saturated heterocycles. The second kappa shape index (κ2) is 8.82. The van der Waals surface area contributed by atoms with Crippen molar-refractivity contribution in [3.05, 3.63) is 66.0 Å². The van der Waals surface area contributed by atoms with E-state index in [-0.39, 0.29) is 18.3 Å². The van der Waals surface area contributed by atoms with E-state index in [1.54, 1.807) is 31.2 Å². The molecule has 0 radical (unpaired) electrons. The maximum absolute atomic E-state index is 12.9.